The summed E-state index contributed by atoms with van der Waals surface area (Å²) in [4.78, 5) is 24.6. The van der Waals surface area contributed by atoms with Gasteiger partial charge in [-0.2, -0.15) is 0 Å². The van der Waals surface area contributed by atoms with Crippen LogP contribution < -0.4 is 14.9 Å². The molecular weight excluding hydrogens is 354 g/mol. The van der Waals surface area contributed by atoms with Gasteiger partial charge < -0.3 is 10.2 Å². The van der Waals surface area contributed by atoms with Crippen molar-refractivity contribution >= 4 is 38.9 Å². The van der Waals surface area contributed by atoms with Gasteiger partial charge in [-0.25, -0.2) is 8.42 Å². The maximum absolute atomic E-state index is 12.5. The summed E-state index contributed by atoms with van der Waals surface area (Å²) >= 11 is 0. The molecule has 0 spiro atoms. The van der Waals surface area contributed by atoms with Crippen molar-refractivity contribution in [1.82, 2.24) is 0 Å². The summed E-state index contributed by atoms with van der Waals surface area (Å²) in [5.74, 6) is -0.145. The molecule has 0 saturated carbocycles. The van der Waals surface area contributed by atoms with Gasteiger partial charge in [0.2, 0.25) is 11.8 Å². The summed E-state index contributed by atoms with van der Waals surface area (Å²) in [6.07, 6.45) is 1.38. The Bertz CT molecular complexity index is 922. The minimum absolute atomic E-state index is 0.0811. The first kappa shape index (κ1) is 17.9. The van der Waals surface area contributed by atoms with E-state index in [0.717, 1.165) is 12.1 Å². The smallest absolute Gasteiger partial charge is 0.261 e. The van der Waals surface area contributed by atoms with Crippen molar-refractivity contribution in [3.8, 4) is 0 Å². The van der Waals surface area contributed by atoms with Gasteiger partial charge in [-0.15, -0.1) is 0 Å². The highest BCUT2D eigenvalue weighted by atomic mass is 32.2. The van der Waals surface area contributed by atoms with E-state index in [1.165, 1.54) is 31.2 Å². The number of anilines is 3. The van der Waals surface area contributed by atoms with Gasteiger partial charge in [0.25, 0.3) is 10.0 Å². The minimum Gasteiger partial charge on any atom is -0.326 e. The number of benzene rings is 2. The van der Waals surface area contributed by atoms with Gasteiger partial charge >= 0.3 is 0 Å². The SMILES string of the molecule is CC(=O)Nc1ccc(S(=O)(=O)Nc2ccc(N3CCCC3=O)cc2)cc1. The molecule has 0 aliphatic carbocycles. The van der Waals surface area contributed by atoms with Crippen molar-refractivity contribution in [3.05, 3.63) is 48.5 Å². The zero-order chi connectivity index (χ0) is 18.7. The predicted molar refractivity (Wildman–Crippen MR) is 99.6 cm³/mol. The predicted octanol–water partition coefficient (Wildman–Crippen LogP) is 2.57. The van der Waals surface area contributed by atoms with Crippen molar-refractivity contribution in [2.45, 2.75) is 24.7 Å². The molecule has 2 amide bonds. The fraction of sp³-hybridized carbons (Fsp3) is 0.222. The molecule has 26 heavy (non-hydrogen) atoms. The van der Waals surface area contributed by atoms with Crippen LogP contribution in [0.4, 0.5) is 17.1 Å². The quantitative estimate of drug-likeness (QED) is 0.842. The molecule has 8 heteroatoms. The monoisotopic (exact) mass is 373 g/mol. The Morgan fingerprint density at radius 3 is 2.15 bits per heavy atom. The molecule has 1 saturated heterocycles. The van der Waals surface area contributed by atoms with Crippen LogP contribution in [0.15, 0.2) is 53.4 Å². The Labute approximate surface area is 152 Å². The summed E-state index contributed by atoms with van der Waals surface area (Å²) < 4.78 is 27.4. The Morgan fingerprint density at radius 2 is 1.62 bits per heavy atom. The second kappa shape index (κ2) is 7.17. The molecule has 2 aromatic rings. The normalized spacial score (nSPS) is 14.3. The molecule has 1 heterocycles. The van der Waals surface area contributed by atoms with Crippen LogP contribution >= 0.6 is 0 Å². The van der Waals surface area contributed by atoms with E-state index in [9.17, 15) is 18.0 Å². The molecular formula is C18H19N3O4S. The number of hydrogen-bond donors (Lipinski definition) is 2. The zero-order valence-electron chi connectivity index (χ0n) is 14.2. The summed E-state index contributed by atoms with van der Waals surface area (Å²) in [6, 6.07) is 12.6. The van der Waals surface area contributed by atoms with Gasteiger partial charge in [0.05, 0.1) is 4.90 Å². The average molecular weight is 373 g/mol. The van der Waals surface area contributed by atoms with E-state index < -0.39 is 10.0 Å². The maximum Gasteiger partial charge on any atom is 0.261 e. The highest BCUT2D eigenvalue weighted by Crippen LogP contribution is 2.24. The number of amides is 2. The highest BCUT2D eigenvalue weighted by Gasteiger charge is 2.21. The Morgan fingerprint density at radius 1 is 1.00 bits per heavy atom. The van der Waals surface area contributed by atoms with Crippen LogP contribution in [-0.4, -0.2) is 26.8 Å². The Hall–Kier alpha value is -2.87. The molecule has 1 fully saturated rings. The third kappa shape index (κ3) is 4.02. The van der Waals surface area contributed by atoms with Crippen LogP contribution in [-0.2, 0) is 19.6 Å². The number of hydrogen-bond acceptors (Lipinski definition) is 4. The number of sulfonamides is 1. The molecule has 0 unspecified atom stereocenters. The Kier molecular flexibility index (Phi) is 4.94. The van der Waals surface area contributed by atoms with Gasteiger partial charge in [0.1, 0.15) is 0 Å². The van der Waals surface area contributed by atoms with Gasteiger partial charge in [-0.1, -0.05) is 0 Å². The fourth-order valence-electron chi connectivity index (χ4n) is 2.77. The molecule has 0 atom stereocenters. The summed E-state index contributed by atoms with van der Waals surface area (Å²) in [7, 11) is -3.74. The number of carbonyl (C=O) groups excluding carboxylic acids is 2. The van der Waals surface area contributed by atoms with Crippen molar-refractivity contribution in [2.24, 2.45) is 0 Å². The first-order valence-electron chi connectivity index (χ1n) is 8.16. The van der Waals surface area contributed by atoms with Crippen LogP contribution in [0.5, 0.6) is 0 Å². The van der Waals surface area contributed by atoms with E-state index in [0.29, 0.717) is 24.3 Å². The van der Waals surface area contributed by atoms with E-state index in [1.54, 1.807) is 29.2 Å². The van der Waals surface area contributed by atoms with E-state index in [-0.39, 0.29) is 16.7 Å². The van der Waals surface area contributed by atoms with Crippen molar-refractivity contribution in [2.75, 3.05) is 21.5 Å². The molecule has 1 aliphatic rings. The van der Waals surface area contributed by atoms with Gasteiger partial charge in [-0.3, -0.25) is 14.3 Å². The fourth-order valence-corrected chi connectivity index (χ4v) is 3.82. The van der Waals surface area contributed by atoms with Crippen molar-refractivity contribution in [3.63, 3.8) is 0 Å². The lowest BCUT2D eigenvalue weighted by atomic mass is 10.2. The number of nitrogens with one attached hydrogen (secondary N) is 2. The maximum atomic E-state index is 12.5. The zero-order valence-corrected chi connectivity index (χ0v) is 15.0. The van der Waals surface area contributed by atoms with E-state index >= 15 is 0 Å². The van der Waals surface area contributed by atoms with E-state index in [1.807, 2.05) is 0 Å². The van der Waals surface area contributed by atoms with Crippen molar-refractivity contribution < 1.29 is 18.0 Å². The minimum atomic E-state index is -3.74. The molecule has 2 N–H and O–H groups in total. The summed E-state index contributed by atoms with van der Waals surface area (Å²) in [5, 5.41) is 2.58. The topological polar surface area (TPSA) is 95.6 Å². The number of carbonyl (C=O) groups is 2. The lowest BCUT2D eigenvalue weighted by Crippen LogP contribution is -2.23. The third-order valence-corrected chi connectivity index (χ3v) is 5.39. The molecule has 0 bridgehead atoms. The molecule has 2 aromatic carbocycles. The molecule has 1 aliphatic heterocycles. The Balaban J connectivity index is 1.72. The molecule has 7 nitrogen and oxygen atoms in total. The molecule has 0 aromatic heterocycles. The first-order chi connectivity index (χ1) is 12.3. The van der Waals surface area contributed by atoms with Crippen LogP contribution in [0.2, 0.25) is 0 Å². The second-order valence-electron chi connectivity index (χ2n) is 6.01. The van der Waals surface area contributed by atoms with Gasteiger partial charge in [0.15, 0.2) is 0 Å². The molecule has 136 valence electrons. The standard InChI is InChI=1S/C18H19N3O4S/c1-13(22)19-14-6-10-17(11-7-14)26(24,25)20-15-4-8-16(9-5-15)21-12-2-3-18(21)23/h4-11,20H,2-3,12H2,1H3,(H,19,22). The lowest BCUT2D eigenvalue weighted by molar-refractivity contribution is -0.117. The largest absolute Gasteiger partial charge is 0.326 e. The average Bonchev–Trinajstić information content (AvgIpc) is 3.01. The van der Waals surface area contributed by atoms with E-state index in [2.05, 4.69) is 10.0 Å². The molecule has 3 rings (SSSR count). The third-order valence-electron chi connectivity index (χ3n) is 3.99. The lowest BCUT2D eigenvalue weighted by Gasteiger charge is -2.16. The van der Waals surface area contributed by atoms with Crippen LogP contribution in [0.3, 0.4) is 0 Å². The van der Waals surface area contributed by atoms with Crippen LogP contribution in [0.25, 0.3) is 0 Å². The first-order valence-corrected chi connectivity index (χ1v) is 9.64. The summed E-state index contributed by atoms with van der Waals surface area (Å²) in [6.45, 7) is 2.07. The van der Waals surface area contributed by atoms with Gasteiger partial charge in [0, 0.05) is 37.0 Å². The van der Waals surface area contributed by atoms with Gasteiger partial charge in [-0.05, 0) is 55.0 Å². The van der Waals surface area contributed by atoms with Crippen LogP contribution in [0, 0.1) is 0 Å². The second-order valence-corrected chi connectivity index (χ2v) is 7.69. The number of nitrogens with zero attached hydrogens (tertiary/aromatic N) is 1. The summed E-state index contributed by atoms with van der Waals surface area (Å²) in [5.41, 5.74) is 1.69. The van der Waals surface area contributed by atoms with Crippen LogP contribution in [0.1, 0.15) is 19.8 Å². The number of rotatable bonds is 5. The van der Waals surface area contributed by atoms with Crippen molar-refractivity contribution in [1.29, 1.82) is 0 Å². The molecule has 0 radical (unpaired) electrons. The van der Waals surface area contributed by atoms with E-state index in [4.69, 9.17) is 0 Å². The highest BCUT2D eigenvalue weighted by molar-refractivity contribution is 7.92.